The normalized spacial score (nSPS) is 20.2. The molecule has 2 aliphatic rings. The van der Waals surface area contributed by atoms with E-state index in [1.807, 2.05) is 91.0 Å². The van der Waals surface area contributed by atoms with Crippen LogP contribution in [0.5, 0.6) is 11.5 Å². The Hall–Kier alpha value is -5.03. The number of benzene rings is 5. The van der Waals surface area contributed by atoms with E-state index >= 15 is 0 Å². The van der Waals surface area contributed by atoms with Crippen LogP contribution in [0.25, 0.3) is 11.1 Å². The van der Waals surface area contributed by atoms with E-state index < -0.39 is 6.29 Å². The molecule has 2 saturated heterocycles. The number of aliphatic hydroxyl groups is 1. The van der Waals surface area contributed by atoms with Gasteiger partial charge >= 0.3 is 6.03 Å². The van der Waals surface area contributed by atoms with Crippen molar-refractivity contribution in [2.24, 2.45) is 0 Å². The Labute approximate surface area is 311 Å². The number of ether oxygens (including phenoxy) is 4. The summed E-state index contributed by atoms with van der Waals surface area (Å²) in [6.45, 7) is 2.99. The molecule has 9 heteroatoms. The Morgan fingerprint density at radius 3 is 2.32 bits per heavy atom. The molecule has 0 spiro atoms. The molecule has 0 unspecified atom stereocenters. The smallest absolute Gasteiger partial charge is 0.319 e. The third-order valence-electron chi connectivity index (χ3n) is 9.90. The number of aliphatic hydroxyl groups excluding tert-OH is 1. The SMILES string of the molecule is COC[C@@H]1CCCN1C[C@@H]1C[C@H](c2ccc(CO)cc2)O[C@H](c2ccc(-c3cccc(CNC(=O)Nc4ccc(Oc5ccccc5)cc4)c3)cc2)O1. The monoisotopic (exact) mass is 713 g/mol. The van der Waals surface area contributed by atoms with Gasteiger partial charge in [0.05, 0.1) is 25.4 Å². The average Bonchev–Trinajstić information content (AvgIpc) is 3.64. The predicted octanol–water partition coefficient (Wildman–Crippen LogP) is 8.62. The number of rotatable bonds is 13. The number of urea groups is 1. The molecule has 7 rings (SSSR count). The van der Waals surface area contributed by atoms with E-state index in [0.717, 1.165) is 71.7 Å². The van der Waals surface area contributed by atoms with Crippen LogP contribution >= 0.6 is 0 Å². The van der Waals surface area contributed by atoms with Crippen molar-refractivity contribution in [1.82, 2.24) is 10.2 Å². The fourth-order valence-electron chi connectivity index (χ4n) is 7.09. The van der Waals surface area contributed by atoms with Crippen LogP contribution in [0.3, 0.4) is 0 Å². The molecule has 9 nitrogen and oxygen atoms in total. The molecule has 5 aromatic rings. The second kappa shape index (κ2) is 17.7. The lowest BCUT2D eigenvalue weighted by atomic mass is 9.99. The summed E-state index contributed by atoms with van der Waals surface area (Å²) in [4.78, 5) is 15.2. The van der Waals surface area contributed by atoms with Crippen LogP contribution in [-0.2, 0) is 27.4 Å². The van der Waals surface area contributed by atoms with Crippen LogP contribution in [0.4, 0.5) is 10.5 Å². The van der Waals surface area contributed by atoms with Gasteiger partial charge in [0, 0.05) is 43.9 Å². The van der Waals surface area contributed by atoms with Gasteiger partial charge in [0.2, 0.25) is 0 Å². The van der Waals surface area contributed by atoms with E-state index in [1.165, 1.54) is 6.42 Å². The molecule has 53 heavy (non-hydrogen) atoms. The van der Waals surface area contributed by atoms with E-state index in [9.17, 15) is 9.90 Å². The third-order valence-corrected chi connectivity index (χ3v) is 9.90. The van der Waals surface area contributed by atoms with Gasteiger partial charge in [-0.15, -0.1) is 0 Å². The number of hydrogen-bond acceptors (Lipinski definition) is 7. The summed E-state index contributed by atoms with van der Waals surface area (Å²) in [6.07, 6.45) is 2.39. The molecule has 0 bridgehead atoms. The third kappa shape index (κ3) is 9.70. The summed E-state index contributed by atoms with van der Waals surface area (Å²) < 4.78 is 24.6. The molecule has 274 valence electrons. The van der Waals surface area contributed by atoms with Gasteiger partial charge < -0.3 is 34.7 Å². The van der Waals surface area contributed by atoms with Gasteiger partial charge in [-0.3, -0.25) is 4.90 Å². The van der Waals surface area contributed by atoms with Crippen molar-refractivity contribution < 1.29 is 28.8 Å². The Kier molecular flexibility index (Phi) is 12.1. The van der Waals surface area contributed by atoms with Crippen LogP contribution in [0.1, 0.15) is 53.9 Å². The first-order valence-corrected chi connectivity index (χ1v) is 18.3. The Bertz CT molecular complexity index is 1900. The maximum atomic E-state index is 12.7. The van der Waals surface area contributed by atoms with Crippen LogP contribution in [0.15, 0.2) is 127 Å². The van der Waals surface area contributed by atoms with Gasteiger partial charge in [-0.25, -0.2) is 4.79 Å². The van der Waals surface area contributed by atoms with Crippen molar-refractivity contribution >= 4 is 11.7 Å². The minimum absolute atomic E-state index is 0.0113. The first-order valence-electron chi connectivity index (χ1n) is 18.3. The lowest BCUT2D eigenvalue weighted by Crippen LogP contribution is -2.42. The maximum Gasteiger partial charge on any atom is 0.319 e. The number of anilines is 1. The fraction of sp³-hybridized carbons (Fsp3) is 0.295. The molecule has 2 heterocycles. The molecule has 0 aliphatic carbocycles. The zero-order chi connectivity index (χ0) is 36.4. The number of hydrogen-bond donors (Lipinski definition) is 3. The number of likely N-dealkylation sites (tertiary alicyclic amines) is 1. The number of para-hydroxylation sites is 1. The number of methoxy groups -OCH3 is 1. The molecule has 2 amide bonds. The second-order valence-corrected chi connectivity index (χ2v) is 13.7. The maximum absolute atomic E-state index is 12.7. The predicted molar refractivity (Wildman–Crippen MR) is 206 cm³/mol. The Balaban J connectivity index is 0.974. The fourth-order valence-corrected chi connectivity index (χ4v) is 7.09. The quantitative estimate of drug-likeness (QED) is 0.112. The van der Waals surface area contributed by atoms with Crippen molar-refractivity contribution in [3.63, 3.8) is 0 Å². The number of nitrogens with zero attached hydrogens (tertiary/aromatic N) is 1. The van der Waals surface area contributed by atoms with E-state index in [-0.39, 0.29) is 24.8 Å². The Morgan fingerprint density at radius 2 is 1.57 bits per heavy atom. The minimum Gasteiger partial charge on any atom is -0.457 e. The highest BCUT2D eigenvalue weighted by molar-refractivity contribution is 5.89. The number of carbonyl (C=O) groups is 1. The first-order chi connectivity index (χ1) is 26.0. The molecule has 0 aromatic heterocycles. The zero-order valence-corrected chi connectivity index (χ0v) is 30.0. The molecule has 0 radical (unpaired) electrons. The number of nitrogens with one attached hydrogen (secondary N) is 2. The molecule has 3 N–H and O–H groups in total. The summed E-state index contributed by atoms with van der Waals surface area (Å²) in [6, 6.07) is 41.5. The van der Waals surface area contributed by atoms with Gasteiger partial charge in [-0.05, 0) is 89.7 Å². The van der Waals surface area contributed by atoms with Gasteiger partial charge in [-0.2, -0.15) is 0 Å². The lowest BCUT2D eigenvalue weighted by Gasteiger charge is -2.38. The van der Waals surface area contributed by atoms with Crippen LogP contribution in [-0.4, -0.2) is 55.0 Å². The topological polar surface area (TPSA) is 102 Å². The van der Waals surface area contributed by atoms with Gasteiger partial charge in [-0.1, -0.05) is 84.9 Å². The summed E-state index contributed by atoms with van der Waals surface area (Å²) >= 11 is 0. The highest BCUT2D eigenvalue weighted by Gasteiger charge is 2.35. The van der Waals surface area contributed by atoms with Gasteiger partial charge in [0.1, 0.15) is 11.5 Å². The molecule has 2 fully saturated rings. The van der Waals surface area contributed by atoms with Crippen LogP contribution in [0.2, 0.25) is 0 Å². The molecular formula is C44H47N3O6. The molecular weight excluding hydrogens is 666 g/mol. The van der Waals surface area contributed by atoms with Crippen molar-refractivity contribution in [2.45, 2.75) is 57.0 Å². The molecule has 0 saturated carbocycles. The van der Waals surface area contributed by atoms with Crippen LogP contribution < -0.4 is 15.4 Å². The summed E-state index contributed by atoms with van der Waals surface area (Å²) in [5, 5.41) is 15.4. The number of carbonyl (C=O) groups excluding carboxylic acids is 1. The van der Waals surface area contributed by atoms with E-state index in [2.05, 4.69) is 51.9 Å². The van der Waals surface area contributed by atoms with Crippen molar-refractivity contribution in [2.75, 3.05) is 32.1 Å². The Morgan fingerprint density at radius 1 is 0.811 bits per heavy atom. The second-order valence-electron chi connectivity index (χ2n) is 13.7. The minimum atomic E-state index is -0.518. The van der Waals surface area contributed by atoms with Gasteiger partial charge in [0.25, 0.3) is 0 Å². The van der Waals surface area contributed by atoms with Crippen LogP contribution in [0, 0.1) is 0 Å². The summed E-state index contributed by atoms with van der Waals surface area (Å²) in [5.41, 5.74) is 6.68. The van der Waals surface area contributed by atoms with E-state index in [1.54, 1.807) is 7.11 Å². The molecule has 2 aliphatic heterocycles. The zero-order valence-electron chi connectivity index (χ0n) is 30.0. The summed E-state index contributed by atoms with van der Waals surface area (Å²) in [5.74, 6) is 1.45. The highest BCUT2D eigenvalue weighted by Crippen LogP contribution is 2.39. The van der Waals surface area contributed by atoms with Gasteiger partial charge in [0.15, 0.2) is 6.29 Å². The largest absolute Gasteiger partial charge is 0.457 e. The standard InChI is InChI=1S/C44H47N3O6/c1-50-30-38-9-6-24-47(38)28-41-26-42(34-14-12-31(29-48)13-15-34)53-43(52-41)35-18-16-33(17-19-35)36-8-5-7-32(25-36)27-45-44(49)46-37-20-22-40(23-21-37)51-39-10-3-2-4-11-39/h2-5,7-8,10-23,25,38,41-43,48H,6,9,24,26-30H2,1H3,(H2,45,46,49)/t38-,41-,42+,43+/m0/s1. The highest BCUT2D eigenvalue weighted by atomic mass is 16.7. The van der Waals surface area contributed by atoms with E-state index in [0.29, 0.717) is 24.0 Å². The summed E-state index contributed by atoms with van der Waals surface area (Å²) in [7, 11) is 1.77. The molecule has 4 atom stereocenters. The van der Waals surface area contributed by atoms with E-state index in [4.69, 9.17) is 18.9 Å². The van der Waals surface area contributed by atoms with Crippen molar-refractivity contribution in [3.05, 3.63) is 150 Å². The van der Waals surface area contributed by atoms with Crippen molar-refractivity contribution in [1.29, 1.82) is 0 Å². The lowest BCUT2D eigenvalue weighted by molar-refractivity contribution is -0.253. The van der Waals surface area contributed by atoms with Crippen molar-refractivity contribution in [3.8, 4) is 22.6 Å². The molecule has 5 aromatic carbocycles. The average molecular weight is 714 g/mol. The number of amides is 2. The first kappa shape index (κ1) is 36.3.